The van der Waals surface area contributed by atoms with Gasteiger partial charge in [-0.25, -0.2) is 4.79 Å². The van der Waals surface area contributed by atoms with Crippen molar-refractivity contribution in [2.24, 2.45) is 0 Å². The Morgan fingerprint density at radius 2 is 2.24 bits per heavy atom. The van der Waals surface area contributed by atoms with Crippen molar-refractivity contribution in [2.45, 2.75) is 36.9 Å². The number of aliphatic hydroxyl groups excluding tert-OH is 1. The van der Waals surface area contributed by atoms with Gasteiger partial charge in [0.2, 0.25) is 11.8 Å². The minimum Gasteiger partial charge on any atom is -0.467 e. The van der Waals surface area contributed by atoms with Crippen molar-refractivity contribution in [3.8, 4) is 0 Å². The van der Waals surface area contributed by atoms with Crippen LogP contribution in [0.2, 0.25) is 0 Å². The zero-order chi connectivity index (χ0) is 18.1. The molecule has 0 aliphatic carbocycles. The van der Waals surface area contributed by atoms with Crippen molar-refractivity contribution in [3.05, 3.63) is 33.4 Å². The lowest BCUT2D eigenvalue weighted by atomic mass is 9.95. The number of esters is 1. The molecule has 0 aromatic carbocycles. The van der Waals surface area contributed by atoms with Gasteiger partial charge in [0, 0.05) is 4.88 Å². The lowest BCUT2D eigenvalue weighted by Crippen LogP contribution is -2.74. The molecule has 0 radical (unpaired) electrons. The van der Waals surface area contributed by atoms with E-state index in [0.717, 1.165) is 4.88 Å². The van der Waals surface area contributed by atoms with E-state index in [1.165, 1.54) is 42.0 Å². The number of ether oxygens (including phenoxy) is 1. The fourth-order valence-corrected chi connectivity index (χ4v) is 4.92. The van der Waals surface area contributed by atoms with Crippen molar-refractivity contribution in [3.63, 3.8) is 0 Å². The number of aliphatic hydroxyl groups is 1. The van der Waals surface area contributed by atoms with Gasteiger partial charge in [0.15, 0.2) is 6.04 Å². The number of amides is 2. The number of methoxy groups -OCH3 is 1. The van der Waals surface area contributed by atoms with Gasteiger partial charge in [0.1, 0.15) is 11.4 Å². The summed E-state index contributed by atoms with van der Waals surface area (Å²) in [5.74, 6) is -1.19. The van der Waals surface area contributed by atoms with Gasteiger partial charge < -0.3 is 20.1 Å². The van der Waals surface area contributed by atoms with Gasteiger partial charge >= 0.3 is 5.97 Å². The lowest BCUT2D eigenvalue weighted by Gasteiger charge is -2.52. The first-order chi connectivity index (χ1) is 11.9. The second kappa shape index (κ2) is 7.19. The predicted octanol–water partition coefficient (Wildman–Crippen LogP) is 0.497. The third-order valence-electron chi connectivity index (χ3n) is 4.16. The van der Waals surface area contributed by atoms with Crippen LogP contribution in [0.25, 0.3) is 0 Å². The van der Waals surface area contributed by atoms with Gasteiger partial charge in [0.25, 0.3) is 0 Å². The van der Waals surface area contributed by atoms with Crippen molar-refractivity contribution in [1.29, 1.82) is 0 Å². The average Bonchev–Trinajstić information content (AvgIpc) is 3.10. The molecule has 2 N–H and O–H groups in total. The Morgan fingerprint density at radius 3 is 2.84 bits per heavy atom. The van der Waals surface area contributed by atoms with E-state index in [2.05, 4.69) is 5.32 Å². The first-order valence-corrected chi connectivity index (χ1v) is 9.51. The number of nitrogens with zero attached hydrogens (tertiary/aromatic N) is 1. The second-order valence-electron chi connectivity index (χ2n) is 5.79. The third-order valence-corrected chi connectivity index (χ3v) is 6.22. The number of carbonyl (C=O) groups excluding carboxylic acids is 3. The normalized spacial score (nSPS) is 26.2. The van der Waals surface area contributed by atoms with Crippen LogP contribution in [0.1, 0.15) is 11.8 Å². The minimum absolute atomic E-state index is 0.216. The fourth-order valence-electron chi connectivity index (χ4n) is 2.90. The highest BCUT2D eigenvalue weighted by Gasteiger charge is 2.56. The number of hydrogen-bond donors (Lipinski definition) is 2. The maximum atomic E-state index is 12.5. The number of nitrogens with one attached hydrogen (secondary N) is 1. The van der Waals surface area contributed by atoms with Crippen molar-refractivity contribution >= 4 is 40.9 Å². The summed E-state index contributed by atoms with van der Waals surface area (Å²) in [7, 11) is 1.24. The average molecular weight is 382 g/mol. The van der Waals surface area contributed by atoms with Gasteiger partial charge in [-0.2, -0.15) is 0 Å². The molecule has 0 saturated carbocycles. The second-order valence-corrected chi connectivity index (χ2v) is 7.82. The standard InChI is InChI=1S/C16H18N2O5S2/c1-8(19)10-7-25-15-12(14(21)18(15)13(10)16(22)23-2)17-11(20)6-9-4-3-5-24-9/h3-5,7-8,12-13,15,19H,6H2,1-2H3,(H,17,20)/t8?,12-,13?,15+/m1/s1. The molecule has 3 rings (SSSR count). The first kappa shape index (κ1) is 18.0. The molecule has 0 spiro atoms. The molecule has 4 atom stereocenters. The Kier molecular flexibility index (Phi) is 5.16. The summed E-state index contributed by atoms with van der Waals surface area (Å²) in [4.78, 5) is 39.0. The van der Waals surface area contributed by atoms with E-state index in [9.17, 15) is 19.5 Å². The van der Waals surface area contributed by atoms with E-state index in [-0.39, 0.29) is 23.6 Å². The smallest absolute Gasteiger partial charge is 0.333 e. The number of carbonyl (C=O) groups is 3. The van der Waals surface area contributed by atoms with Crippen LogP contribution in [0.15, 0.2) is 28.5 Å². The molecule has 1 saturated heterocycles. The zero-order valence-electron chi connectivity index (χ0n) is 13.7. The highest BCUT2D eigenvalue weighted by Crippen LogP contribution is 2.41. The van der Waals surface area contributed by atoms with Crippen LogP contribution in [-0.2, 0) is 25.5 Å². The van der Waals surface area contributed by atoms with Crippen LogP contribution in [-0.4, -0.2) is 58.5 Å². The monoisotopic (exact) mass is 382 g/mol. The van der Waals surface area contributed by atoms with Crippen molar-refractivity contribution < 1.29 is 24.2 Å². The summed E-state index contributed by atoms with van der Waals surface area (Å²) in [6.07, 6.45) is -0.661. The van der Waals surface area contributed by atoms with E-state index >= 15 is 0 Å². The molecule has 1 fully saturated rings. The van der Waals surface area contributed by atoms with E-state index < -0.39 is 24.2 Å². The van der Waals surface area contributed by atoms with Gasteiger partial charge in [-0.3, -0.25) is 9.59 Å². The maximum absolute atomic E-state index is 12.5. The minimum atomic E-state index is -0.950. The molecule has 25 heavy (non-hydrogen) atoms. The Morgan fingerprint density at radius 1 is 1.48 bits per heavy atom. The number of fused-ring (bicyclic) bond motifs is 1. The SMILES string of the molecule is COC(=O)C1C(C(C)O)=CS[C@H]2[C@H](NC(=O)Cc3cccs3)C(=O)N12. The largest absolute Gasteiger partial charge is 0.467 e. The molecule has 1 aromatic rings. The summed E-state index contributed by atoms with van der Waals surface area (Å²) >= 11 is 2.78. The molecular formula is C16H18N2O5S2. The predicted molar refractivity (Wildman–Crippen MR) is 93.7 cm³/mol. The summed E-state index contributed by atoms with van der Waals surface area (Å²) in [5.41, 5.74) is 0.421. The van der Waals surface area contributed by atoms with Crippen LogP contribution >= 0.6 is 23.1 Å². The maximum Gasteiger partial charge on any atom is 0.333 e. The number of rotatable bonds is 5. The van der Waals surface area contributed by atoms with Crippen LogP contribution in [0.4, 0.5) is 0 Å². The van der Waals surface area contributed by atoms with Crippen molar-refractivity contribution in [2.75, 3.05) is 7.11 Å². The number of thiophene rings is 1. The molecule has 3 heterocycles. The van der Waals surface area contributed by atoms with Gasteiger partial charge in [-0.05, 0) is 29.4 Å². The topological polar surface area (TPSA) is 95.9 Å². The first-order valence-electron chi connectivity index (χ1n) is 7.69. The van der Waals surface area contributed by atoms with Crippen LogP contribution in [0.3, 0.4) is 0 Å². The highest BCUT2D eigenvalue weighted by atomic mass is 32.2. The number of β-lactam (4-membered cyclic amide) rings is 1. The molecule has 2 unspecified atom stereocenters. The van der Waals surface area contributed by atoms with E-state index in [4.69, 9.17) is 4.74 Å². The Balaban J connectivity index is 1.72. The molecule has 2 amide bonds. The summed E-state index contributed by atoms with van der Waals surface area (Å²) < 4.78 is 4.78. The number of thioether (sulfide) groups is 1. The van der Waals surface area contributed by atoms with E-state index in [1.807, 2.05) is 17.5 Å². The lowest BCUT2D eigenvalue weighted by molar-refractivity contribution is -0.162. The third kappa shape index (κ3) is 3.31. The van der Waals surface area contributed by atoms with Crippen LogP contribution in [0, 0.1) is 0 Å². The van der Waals surface area contributed by atoms with E-state index in [1.54, 1.807) is 5.41 Å². The van der Waals surface area contributed by atoms with Gasteiger partial charge in [0.05, 0.1) is 19.6 Å². The molecule has 134 valence electrons. The molecule has 2 aliphatic heterocycles. The molecule has 7 nitrogen and oxygen atoms in total. The summed E-state index contributed by atoms with van der Waals surface area (Å²) in [6.45, 7) is 1.53. The molecular weight excluding hydrogens is 364 g/mol. The number of hydrogen-bond acceptors (Lipinski definition) is 7. The molecule has 9 heteroatoms. The summed E-state index contributed by atoms with van der Waals surface area (Å²) in [5, 5.41) is 15.8. The molecule has 0 bridgehead atoms. The molecule has 2 aliphatic rings. The Bertz CT molecular complexity index is 716. The Hall–Kier alpha value is -1.84. The molecule has 1 aromatic heterocycles. The zero-order valence-corrected chi connectivity index (χ0v) is 15.3. The fraction of sp³-hybridized carbons (Fsp3) is 0.438. The summed E-state index contributed by atoms with van der Waals surface area (Å²) in [6, 6.07) is 2.09. The quantitative estimate of drug-likeness (QED) is 0.569. The van der Waals surface area contributed by atoms with Gasteiger partial charge in [-0.15, -0.1) is 23.1 Å². The van der Waals surface area contributed by atoms with Gasteiger partial charge in [-0.1, -0.05) is 6.07 Å². The highest BCUT2D eigenvalue weighted by molar-refractivity contribution is 8.03. The van der Waals surface area contributed by atoms with E-state index in [0.29, 0.717) is 5.57 Å². The van der Waals surface area contributed by atoms with Crippen LogP contribution < -0.4 is 5.32 Å². The Labute approximate surface area is 153 Å². The van der Waals surface area contributed by atoms with Crippen molar-refractivity contribution in [1.82, 2.24) is 10.2 Å². The van der Waals surface area contributed by atoms with Crippen LogP contribution in [0.5, 0.6) is 0 Å².